The summed E-state index contributed by atoms with van der Waals surface area (Å²) >= 11 is 0. The van der Waals surface area contributed by atoms with Gasteiger partial charge in [0.05, 0.1) is 13.2 Å². The predicted molar refractivity (Wildman–Crippen MR) is 76.9 cm³/mol. The number of methoxy groups -OCH3 is 1. The number of benzene rings is 1. The Morgan fingerprint density at radius 1 is 1.45 bits per heavy atom. The van der Waals surface area contributed by atoms with Gasteiger partial charge in [-0.05, 0) is 30.5 Å². The zero-order valence-corrected chi connectivity index (χ0v) is 12.5. The van der Waals surface area contributed by atoms with E-state index in [4.69, 9.17) is 10.5 Å². The summed E-state index contributed by atoms with van der Waals surface area (Å²) in [5, 5.41) is 0. The monoisotopic (exact) mass is 282 g/mol. The zero-order chi connectivity index (χ0) is 15.3. The molecular formula is C15H23FN2O2. The molecule has 0 radical (unpaired) electrons. The van der Waals surface area contributed by atoms with Crippen LogP contribution in [0.15, 0.2) is 18.2 Å². The molecule has 5 heteroatoms. The van der Waals surface area contributed by atoms with E-state index >= 15 is 0 Å². The Morgan fingerprint density at radius 2 is 2.10 bits per heavy atom. The number of carbonyl (C=O) groups is 1. The van der Waals surface area contributed by atoms with Crippen LogP contribution in [0.3, 0.4) is 0 Å². The molecule has 0 spiro atoms. The van der Waals surface area contributed by atoms with Crippen LogP contribution in [-0.2, 0) is 11.3 Å². The Bertz CT molecular complexity index is 463. The Labute approximate surface area is 119 Å². The van der Waals surface area contributed by atoms with E-state index in [-0.39, 0.29) is 17.6 Å². The second kappa shape index (κ2) is 7.24. The standard InChI is InChI=1S/C15H23FN2O2/c1-5-18(15(19)14(17)10(2)3)9-11-6-7-13(20-4)12(16)8-11/h6-8,10,14H,5,9,17H2,1-4H3/t14-/m1/s1. The fourth-order valence-electron chi connectivity index (χ4n) is 1.87. The highest BCUT2D eigenvalue weighted by Crippen LogP contribution is 2.19. The van der Waals surface area contributed by atoms with Crippen LogP contribution in [0.1, 0.15) is 26.3 Å². The molecule has 20 heavy (non-hydrogen) atoms. The summed E-state index contributed by atoms with van der Waals surface area (Å²) in [6.45, 7) is 6.57. The molecule has 2 N–H and O–H groups in total. The van der Waals surface area contributed by atoms with Crippen molar-refractivity contribution >= 4 is 5.91 Å². The molecule has 0 bridgehead atoms. The van der Waals surface area contributed by atoms with Crippen LogP contribution in [-0.4, -0.2) is 30.5 Å². The van der Waals surface area contributed by atoms with E-state index in [0.29, 0.717) is 13.1 Å². The van der Waals surface area contributed by atoms with E-state index in [1.54, 1.807) is 17.0 Å². The molecule has 112 valence electrons. The number of amides is 1. The maximum Gasteiger partial charge on any atom is 0.240 e. The van der Waals surface area contributed by atoms with Gasteiger partial charge in [-0.3, -0.25) is 4.79 Å². The lowest BCUT2D eigenvalue weighted by Gasteiger charge is -2.26. The number of nitrogens with two attached hydrogens (primary N) is 1. The van der Waals surface area contributed by atoms with Crippen LogP contribution in [0.5, 0.6) is 5.75 Å². The first-order chi connectivity index (χ1) is 9.40. The van der Waals surface area contributed by atoms with Crippen molar-refractivity contribution in [2.75, 3.05) is 13.7 Å². The van der Waals surface area contributed by atoms with Crippen LogP contribution < -0.4 is 10.5 Å². The number of nitrogens with zero attached hydrogens (tertiary/aromatic N) is 1. The van der Waals surface area contributed by atoms with E-state index in [1.807, 2.05) is 20.8 Å². The molecule has 0 saturated carbocycles. The topological polar surface area (TPSA) is 55.6 Å². The lowest BCUT2D eigenvalue weighted by molar-refractivity contribution is -0.134. The van der Waals surface area contributed by atoms with Crippen molar-refractivity contribution < 1.29 is 13.9 Å². The molecule has 0 aliphatic heterocycles. The lowest BCUT2D eigenvalue weighted by atomic mass is 10.0. The number of carbonyl (C=O) groups excluding carboxylic acids is 1. The SMILES string of the molecule is CCN(Cc1ccc(OC)c(F)c1)C(=O)[C@H](N)C(C)C. The molecule has 4 nitrogen and oxygen atoms in total. The summed E-state index contributed by atoms with van der Waals surface area (Å²) in [6.07, 6.45) is 0. The van der Waals surface area contributed by atoms with Gasteiger partial charge >= 0.3 is 0 Å². The number of ether oxygens (including phenoxy) is 1. The van der Waals surface area contributed by atoms with Gasteiger partial charge in [0.2, 0.25) is 5.91 Å². The molecular weight excluding hydrogens is 259 g/mol. The van der Waals surface area contributed by atoms with E-state index in [1.165, 1.54) is 13.2 Å². The maximum atomic E-state index is 13.6. The third-order valence-electron chi connectivity index (χ3n) is 3.29. The predicted octanol–water partition coefficient (Wildman–Crippen LogP) is 2.17. The minimum atomic E-state index is -0.530. The van der Waals surface area contributed by atoms with Gasteiger partial charge in [0.25, 0.3) is 0 Å². The van der Waals surface area contributed by atoms with Crippen LogP contribution in [0.25, 0.3) is 0 Å². The molecule has 0 aliphatic rings. The van der Waals surface area contributed by atoms with Gasteiger partial charge < -0.3 is 15.4 Å². The second-order valence-electron chi connectivity index (χ2n) is 5.09. The Kier molecular flexibility index (Phi) is 5.95. The summed E-state index contributed by atoms with van der Waals surface area (Å²) < 4.78 is 18.5. The molecule has 1 amide bonds. The third kappa shape index (κ3) is 3.93. The minimum absolute atomic E-state index is 0.0733. The minimum Gasteiger partial charge on any atom is -0.494 e. The van der Waals surface area contributed by atoms with Gasteiger partial charge in [-0.15, -0.1) is 0 Å². The van der Waals surface area contributed by atoms with Gasteiger partial charge in [-0.2, -0.15) is 0 Å². The summed E-state index contributed by atoms with van der Waals surface area (Å²) in [4.78, 5) is 13.8. The molecule has 1 atom stereocenters. The number of hydrogen-bond acceptors (Lipinski definition) is 3. The fraction of sp³-hybridized carbons (Fsp3) is 0.533. The molecule has 0 fully saturated rings. The Hall–Kier alpha value is -1.62. The van der Waals surface area contributed by atoms with Crippen LogP contribution >= 0.6 is 0 Å². The fourth-order valence-corrected chi connectivity index (χ4v) is 1.87. The quantitative estimate of drug-likeness (QED) is 0.870. The average molecular weight is 282 g/mol. The van der Waals surface area contributed by atoms with E-state index < -0.39 is 11.9 Å². The Morgan fingerprint density at radius 3 is 2.55 bits per heavy atom. The lowest BCUT2D eigenvalue weighted by Crippen LogP contribution is -2.46. The highest BCUT2D eigenvalue weighted by atomic mass is 19.1. The van der Waals surface area contributed by atoms with Gasteiger partial charge in [0.15, 0.2) is 11.6 Å². The van der Waals surface area contributed by atoms with Gasteiger partial charge in [-0.1, -0.05) is 19.9 Å². The van der Waals surface area contributed by atoms with Crippen molar-refractivity contribution in [1.82, 2.24) is 4.90 Å². The first-order valence-electron chi connectivity index (χ1n) is 6.77. The highest BCUT2D eigenvalue weighted by molar-refractivity contribution is 5.81. The summed E-state index contributed by atoms with van der Waals surface area (Å²) in [5.41, 5.74) is 6.60. The van der Waals surface area contributed by atoms with Crippen molar-refractivity contribution in [3.63, 3.8) is 0 Å². The molecule has 1 rings (SSSR count). The van der Waals surface area contributed by atoms with Crippen molar-refractivity contribution in [3.8, 4) is 5.75 Å². The summed E-state index contributed by atoms with van der Waals surface area (Å²) in [7, 11) is 1.42. The number of rotatable bonds is 6. The molecule has 1 aromatic carbocycles. The second-order valence-corrected chi connectivity index (χ2v) is 5.09. The molecule has 0 aromatic heterocycles. The molecule has 0 unspecified atom stereocenters. The average Bonchev–Trinajstić information content (AvgIpc) is 2.43. The third-order valence-corrected chi connectivity index (χ3v) is 3.29. The van der Waals surface area contributed by atoms with Crippen molar-refractivity contribution in [3.05, 3.63) is 29.6 Å². The summed E-state index contributed by atoms with van der Waals surface area (Å²) in [5.74, 6) is -0.272. The van der Waals surface area contributed by atoms with Crippen LogP contribution in [0.4, 0.5) is 4.39 Å². The number of likely N-dealkylation sites (N-methyl/N-ethyl adjacent to an activating group) is 1. The van der Waals surface area contributed by atoms with Crippen LogP contribution in [0, 0.1) is 11.7 Å². The molecule has 1 aromatic rings. The largest absolute Gasteiger partial charge is 0.494 e. The van der Waals surface area contributed by atoms with E-state index in [0.717, 1.165) is 5.56 Å². The highest BCUT2D eigenvalue weighted by Gasteiger charge is 2.22. The molecule has 0 saturated heterocycles. The van der Waals surface area contributed by atoms with E-state index in [9.17, 15) is 9.18 Å². The zero-order valence-electron chi connectivity index (χ0n) is 12.5. The Balaban J connectivity index is 2.83. The summed E-state index contributed by atoms with van der Waals surface area (Å²) in [6, 6.07) is 4.16. The first kappa shape index (κ1) is 16.4. The van der Waals surface area contributed by atoms with E-state index in [2.05, 4.69) is 0 Å². The smallest absolute Gasteiger partial charge is 0.240 e. The molecule has 0 heterocycles. The van der Waals surface area contributed by atoms with Crippen LogP contribution in [0.2, 0.25) is 0 Å². The van der Waals surface area contributed by atoms with Crippen molar-refractivity contribution in [1.29, 1.82) is 0 Å². The normalized spacial score (nSPS) is 12.3. The van der Waals surface area contributed by atoms with Crippen molar-refractivity contribution in [2.24, 2.45) is 11.7 Å². The van der Waals surface area contributed by atoms with Gasteiger partial charge in [-0.25, -0.2) is 4.39 Å². The number of hydrogen-bond donors (Lipinski definition) is 1. The number of halogens is 1. The maximum absolute atomic E-state index is 13.6. The van der Waals surface area contributed by atoms with Gasteiger partial charge in [0.1, 0.15) is 0 Å². The first-order valence-corrected chi connectivity index (χ1v) is 6.77. The van der Waals surface area contributed by atoms with Crippen molar-refractivity contribution in [2.45, 2.75) is 33.4 Å². The molecule has 0 aliphatic carbocycles. The van der Waals surface area contributed by atoms with Gasteiger partial charge in [0, 0.05) is 13.1 Å².